The van der Waals surface area contributed by atoms with Crippen molar-refractivity contribution in [3.05, 3.63) is 35.0 Å². The van der Waals surface area contributed by atoms with E-state index < -0.39 is 14.3 Å². The minimum absolute atomic E-state index is 0.658. The summed E-state index contributed by atoms with van der Waals surface area (Å²) >= 11 is 3.21. The number of thiophene rings is 2. The monoisotopic (exact) mass is 528 g/mol. The molecule has 0 aliphatic rings. The van der Waals surface area contributed by atoms with Gasteiger partial charge in [0.15, 0.2) is 7.14 Å². The van der Waals surface area contributed by atoms with Crippen LogP contribution >= 0.6 is 37.0 Å². The largest absolute Gasteiger partial charge is 0.324 e. The standard InChI is InChI=1S/C27H46O2P2S2/c1-3-5-7-9-11-13-20-30(28,21-14-12-10-8-6-4-2)22-17-23-31(29,26-18-15-24-32-26)27-19-16-25-33-27/h15-16,18-19,24-25H,3-14,17,20-23H2,1-2H3. The van der Waals surface area contributed by atoms with Gasteiger partial charge < -0.3 is 9.13 Å². The molecule has 0 radical (unpaired) electrons. The summed E-state index contributed by atoms with van der Waals surface area (Å²) in [6.45, 7) is 4.50. The van der Waals surface area contributed by atoms with E-state index in [-0.39, 0.29) is 0 Å². The second-order valence-electron chi connectivity index (χ2n) is 9.48. The topological polar surface area (TPSA) is 34.1 Å². The molecular formula is C27H46O2P2S2. The smallest absolute Gasteiger partial charge is 0.162 e. The van der Waals surface area contributed by atoms with Crippen molar-refractivity contribution >= 4 is 46.2 Å². The predicted molar refractivity (Wildman–Crippen MR) is 154 cm³/mol. The number of rotatable bonds is 20. The molecule has 0 amide bonds. The summed E-state index contributed by atoms with van der Waals surface area (Å²) in [5.41, 5.74) is 0. The van der Waals surface area contributed by atoms with E-state index >= 15 is 0 Å². The molecule has 0 spiro atoms. The summed E-state index contributed by atoms with van der Waals surface area (Å²) in [5.74, 6) is 0. The van der Waals surface area contributed by atoms with Gasteiger partial charge in [0.1, 0.15) is 0 Å². The lowest BCUT2D eigenvalue weighted by Crippen LogP contribution is -2.14. The second-order valence-corrected chi connectivity index (χ2v) is 18.3. The van der Waals surface area contributed by atoms with E-state index in [0.717, 1.165) is 47.0 Å². The molecule has 2 nitrogen and oxygen atoms in total. The molecule has 188 valence electrons. The molecule has 33 heavy (non-hydrogen) atoms. The molecule has 0 bridgehead atoms. The van der Waals surface area contributed by atoms with Gasteiger partial charge >= 0.3 is 0 Å². The van der Waals surface area contributed by atoms with Gasteiger partial charge in [0.25, 0.3) is 0 Å². The zero-order chi connectivity index (χ0) is 23.8. The van der Waals surface area contributed by atoms with Gasteiger partial charge in [-0.3, -0.25) is 0 Å². The van der Waals surface area contributed by atoms with Crippen molar-refractivity contribution in [3.63, 3.8) is 0 Å². The van der Waals surface area contributed by atoms with E-state index in [4.69, 9.17) is 0 Å². The van der Waals surface area contributed by atoms with Gasteiger partial charge in [0, 0.05) is 24.6 Å². The Kier molecular flexibility index (Phi) is 14.6. The van der Waals surface area contributed by atoms with Crippen LogP contribution in [0.4, 0.5) is 0 Å². The van der Waals surface area contributed by atoms with E-state index in [9.17, 15) is 9.13 Å². The van der Waals surface area contributed by atoms with Crippen LogP contribution in [0.5, 0.6) is 0 Å². The van der Waals surface area contributed by atoms with Crippen molar-refractivity contribution in [1.82, 2.24) is 0 Å². The molecule has 0 saturated heterocycles. The highest BCUT2D eigenvalue weighted by Crippen LogP contribution is 2.52. The lowest BCUT2D eigenvalue weighted by atomic mass is 10.1. The van der Waals surface area contributed by atoms with Gasteiger partial charge in [-0.2, -0.15) is 0 Å². The fraction of sp³-hybridized carbons (Fsp3) is 0.704. The normalized spacial score (nSPS) is 12.4. The molecule has 2 aromatic rings. The fourth-order valence-electron chi connectivity index (χ4n) is 4.56. The van der Waals surface area contributed by atoms with Crippen LogP contribution in [0.1, 0.15) is 97.3 Å². The van der Waals surface area contributed by atoms with E-state index in [1.54, 1.807) is 22.7 Å². The minimum Gasteiger partial charge on any atom is -0.324 e. The fourth-order valence-corrected chi connectivity index (χ4v) is 13.7. The molecule has 2 aromatic heterocycles. The van der Waals surface area contributed by atoms with Gasteiger partial charge in [-0.05, 0) is 42.2 Å². The van der Waals surface area contributed by atoms with Crippen molar-refractivity contribution in [2.24, 2.45) is 0 Å². The van der Waals surface area contributed by atoms with Crippen LogP contribution in [0.15, 0.2) is 35.0 Å². The first kappa shape index (κ1) is 29.1. The van der Waals surface area contributed by atoms with Gasteiger partial charge in [0.2, 0.25) is 0 Å². The molecule has 2 heterocycles. The van der Waals surface area contributed by atoms with E-state index in [1.807, 2.05) is 35.0 Å². The predicted octanol–water partition coefficient (Wildman–Crippen LogP) is 9.60. The van der Waals surface area contributed by atoms with Crippen molar-refractivity contribution in [1.29, 1.82) is 0 Å². The first-order chi connectivity index (χ1) is 16.0. The highest BCUT2D eigenvalue weighted by molar-refractivity contribution is 7.86. The van der Waals surface area contributed by atoms with Crippen LogP contribution in [0.25, 0.3) is 0 Å². The minimum atomic E-state index is -2.59. The Morgan fingerprint density at radius 3 is 1.42 bits per heavy atom. The summed E-state index contributed by atoms with van der Waals surface area (Å²) in [4.78, 5) is 0. The van der Waals surface area contributed by atoms with Crippen LogP contribution in [0.2, 0.25) is 0 Å². The average molecular weight is 529 g/mol. The summed E-state index contributed by atoms with van der Waals surface area (Å²) in [6.07, 6.45) is 19.0. The molecule has 0 N–H and O–H groups in total. The zero-order valence-corrected chi connectivity index (χ0v) is 24.4. The highest BCUT2D eigenvalue weighted by Gasteiger charge is 2.30. The van der Waals surface area contributed by atoms with Crippen molar-refractivity contribution in [2.75, 3.05) is 24.6 Å². The Morgan fingerprint density at radius 2 is 1.00 bits per heavy atom. The Labute approximate surface area is 211 Å². The number of hydrogen-bond acceptors (Lipinski definition) is 4. The highest BCUT2D eigenvalue weighted by atomic mass is 32.1. The lowest BCUT2D eigenvalue weighted by Gasteiger charge is -2.21. The molecule has 0 atom stereocenters. The van der Waals surface area contributed by atoms with E-state index in [0.29, 0.717) is 6.16 Å². The molecular weight excluding hydrogens is 482 g/mol. The summed E-state index contributed by atoms with van der Waals surface area (Å²) < 4.78 is 30.1. The van der Waals surface area contributed by atoms with Gasteiger partial charge in [-0.15, -0.1) is 22.7 Å². The second kappa shape index (κ2) is 16.5. The van der Waals surface area contributed by atoms with Gasteiger partial charge in [-0.1, -0.05) is 90.2 Å². The van der Waals surface area contributed by atoms with Crippen molar-refractivity contribution < 1.29 is 9.13 Å². The maximum Gasteiger partial charge on any atom is 0.162 e. The first-order valence-corrected chi connectivity index (χ1v) is 19.2. The molecule has 0 aromatic carbocycles. The molecule has 0 fully saturated rings. The molecule has 2 rings (SSSR count). The molecule has 0 aliphatic carbocycles. The van der Waals surface area contributed by atoms with Crippen LogP contribution in [0, 0.1) is 0 Å². The quantitative estimate of drug-likeness (QED) is 0.127. The van der Waals surface area contributed by atoms with Gasteiger partial charge in [0.05, 0.1) is 16.4 Å². The lowest BCUT2D eigenvalue weighted by molar-refractivity contribution is 0.560. The third-order valence-corrected chi connectivity index (χ3v) is 16.4. The third kappa shape index (κ3) is 10.6. The van der Waals surface area contributed by atoms with Crippen LogP contribution in [-0.2, 0) is 9.13 Å². The van der Waals surface area contributed by atoms with E-state index in [2.05, 4.69) is 13.8 Å². The molecule has 0 aliphatic heterocycles. The van der Waals surface area contributed by atoms with E-state index in [1.165, 1.54) is 64.2 Å². The van der Waals surface area contributed by atoms with Crippen molar-refractivity contribution in [2.45, 2.75) is 97.3 Å². The molecule has 6 heteroatoms. The maximum absolute atomic E-state index is 14.1. The Balaban J connectivity index is 1.92. The Morgan fingerprint density at radius 1 is 0.576 bits per heavy atom. The Bertz CT molecular complexity index is 757. The summed E-state index contributed by atoms with van der Waals surface area (Å²) in [6, 6.07) is 8.05. The first-order valence-electron chi connectivity index (χ1n) is 13.3. The maximum atomic E-state index is 14.1. The average Bonchev–Trinajstić information content (AvgIpc) is 3.53. The molecule has 0 saturated carbocycles. The summed E-state index contributed by atoms with van der Waals surface area (Å²) in [5, 5.41) is 4.05. The zero-order valence-electron chi connectivity index (χ0n) is 21.0. The number of hydrogen-bond donors (Lipinski definition) is 0. The third-order valence-electron chi connectivity index (χ3n) is 6.60. The van der Waals surface area contributed by atoms with Crippen LogP contribution in [-0.4, -0.2) is 24.6 Å². The van der Waals surface area contributed by atoms with Crippen molar-refractivity contribution in [3.8, 4) is 0 Å². The van der Waals surface area contributed by atoms with Crippen LogP contribution in [0.3, 0.4) is 0 Å². The number of unbranched alkanes of at least 4 members (excludes halogenated alkanes) is 10. The Hall–Kier alpha value is -0.140. The SMILES string of the molecule is CCCCCCCCP(=O)(CCCCCCCC)CCCP(=O)(c1cccs1)c1cccs1. The molecule has 0 unspecified atom stereocenters. The summed E-state index contributed by atoms with van der Waals surface area (Å²) in [7, 11) is -4.77. The van der Waals surface area contributed by atoms with Gasteiger partial charge in [-0.25, -0.2) is 0 Å². The van der Waals surface area contributed by atoms with Crippen LogP contribution < -0.4 is 9.24 Å².